The second kappa shape index (κ2) is 5.23. The molecule has 0 aromatic heterocycles. The lowest BCUT2D eigenvalue weighted by Gasteiger charge is -2.15. The Morgan fingerprint density at radius 1 is 0.944 bits per heavy atom. The van der Waals surface area contributed by atoms with Crippen LogP contribution in [0.25, 0.3) is 0 Å². The number of nitrogens with two attached hydrogens (primary N) is 1. The number of rotatable bonds is 3. The summed E-state index contributed by atoms with van der Waals surface area (Å²) in [4.78, 5) is 0. The molecule has 0 heterocycles. The molecule has 0 fully saturated rings. The highest BCUT2D eigenvalue weighted by atomic mass is 16.5. The molecule has 1 unspecified atom stereocenters. The Bertz CT molecular complexity index is 549. The number of benzene rings is 2. The lowest BCUT2D eigenvalue weighted by Crippen LogP contribution is -2.12. The van der Waals surface area contributed by atoms with Gasteiger partial charge in [0.2, 0.25) is 0 Å². The van der Waals surface area contributed by atoms with E-state index in [9.17, 15) is 0 Å². The molecule has 2 N–H and O–H groups in total. The predicted molar refractivity (Wildman–Crippen MR) is 74.9 cm³/mol. The summed E-state index contributed by atoms with van der Waals surface area (Å²) in [5.41, 5.74) is 11.1. The van der Waals surface area contributed by atoms with Crippen molar-refractivity contribution in [3.8, 4) is 5.75 Å². The largest absolute Gasteiger partial charge is 0.497 e. The summed E-state index contributed by atoms with van der Waals surface area (Å²) in [6, 6.07) is 14.2. The molecule has 2 rings (SSSR count). The molecule has 2 nitrogen and oxygen atoms in total. The summed E-state index contributed by atoms with van der Waals surface area (Å²) >= 11 is 0. The van der Waals surface area contributed by atoms with Gasteiger partial charge in [-0.2, -0.15) is 0 Å². The van der Waals surface area contributed by atoms with E-state index in [1.54, 1.807) is 7.11 Å². The summed E-state index contributed by atoms with van der Waals surface area (Å²) in [7, 11) is 1.67. The second-order valence-electron chi connectivity index (χ2n) is 4.60. The highest BCUT2D eigenvalue weighted by Gasteiger charge is 2.10. The third-order valence-corrected chi connectivity index (χ3v) is 3.34. The number of aryl methyl sites for hydroxylation is 2. The van der Waals surface area contributed by atoms with Gasteiger partial charge < -0.3 is 10.5 Å². The minimum absolute atomic E-state index is 0.112. The molecule has 0 saturated carbocycles. The van der Waals surface area contributed by atoms with E-state index in [1.807, 2.05) is 24.3 Å². The maximum absolute atomic E-state index is 6.30. The Hall–Kier alpha value is -1.80. The first-order chi connectivity index (χ1) is 8.61. The molecule has 0 amide bonds. The van der Waals surface area contributed by atoms with Crippen LogP contribution in [-0.4, -0.2) is 7.11 Å². The minimum Gasteiger partial charge on any atom is -0.497 e. The van der Waals surface area contributed by atoms with Crippen molar-refractivity contribution in [3.63, 3.8) is 0 Å². The van der Waals surface area contributed by atoms with Crippen molar-refractivity contribution in [3.05, 3.63) is 64.7 Å². The van der Waals surface area contributed by atoms with Crippen molar-refractivity contribution < 1.29 is 4.74 Å². The first-order valence-electron chi connectivity index (χ1n) is 6.08. The maximum atomic E-state index is 6.30. The summed E-state index contributed by atoms with van der Waals surface area (Å²) in [5.74, 6) is 0.840. The van der Waals surface area contributed by atoms with Crippen molar-refractivity contribution >= 4 is 0 Å². The molecule has 0 aliphatic heterocycles. The van der Waals surface area contributed by atoms with Crippen LogP contribution in [-0.2, 0) is 0 Å². The average molecular weight is 241 g/mol. The SMILES string of the molecule is COc1cccc(C(N)c2ccc(C)c(C)c2)c1. The molecule has 2 aromatic rings. The highest BCUT2D eigenvalue weighted by Crippen LogP contribution is 2.24. The van der Waals surface area contributed by atoms with Crippen LogP contribution in [0.4, 0.5) is 0 Å². The zero-order valence-electron chi connectivity index (χ0n) is 11.1. The summed E-state index contributed by atoms with van der Waals surface area (Å²) in [6.07, 6.45) is 0. The molecule has 0 radical (unpaired) electrons. The highest BCUT2D eigenvalue weighted by molar-refractivity contribution is 5.39. The molecular weight excluding hydrogens is 222 g/mol. The monoisotopic (exact) mass is 241 g/mol. The summed E-state index contributed by atoms with van der Waals surface area (Å²) in [6.45, 7) is 4.22. The molecule has 18 heavy (non-hydrogen) atoms. The van der Waals surface area contributed by atoms with E-state index in [-0.39, 0.29) is 6.04 Å². The van der Waals surface area contributed by atoms with Crippen molar-refractivity contribution in [1.29, 1.82) is 0 Å². The number of hydrogen-bond acceptors (Lipinski definition) is 2. The molecule has 2 heteroatoms. The Labute approximate surface area is 108 Å². The first-order valence-corrected chi connectivity index (χ1v) is 6.08. The van der Waals surface area contributed by atoms with Gasteiger partial charge in [-0.3, -0.25) is 0 Å². The minimum atomic E-state index is -0.112. The van der Waals surface area contributed by atoms with Gasteiger partial charge >= 0.3 is 0 Å². The molecule has 0 aliphatic rings. The fraction of sp³-hybridized carbons (Fsp3) is 0.250. The van der Waals surface area contributed by atoms with Gasteiger partial charge in [-0.15, -0.1) is 0 Å². The van der Waals surface area contributed by atoms with Crippen LogP contribution in [0.5, 0.6) is 5.75 Å². The fourth-order valence-corrected chi connectivity index (χ4v) is 1.99. The second-order valence-corrected chi connectivity index (χ2v) is 4.60. The van der Waals surface area contributed by atoms with Crippen LogP contribution in [0.15, 0.2) is 42.5 Å². The molecule has 0 bridgehead atoms. The molecular formula is C16H19NO. The lowest BCUT2D eigenvalue weighted by molar-refractivity contribution is 0.414. The van der Waals surface area contributed by atoms with Gasteiger partial charge in [-0.25, -0.2) is 0 Å². The van der Waals surface area contributed by atoms with Crippen LogP contribution in [0.2, 0.25) is 0 Å². The van der Waals surface area contributed by atoms with Crippen LogP contribution in [0.3, 0.4) is 0 Å². The van der Waals surface area contributed by atoms with Gasteiger partial charge in [0.15, 0.2) is 0 Å². The normalized spacial score (nSPS) is 12.2. The van der Waals surface area contributed by atoms with Gasteiger partial charge in [0, 0.05) is 0 Å². The summed E-state index contributed by atoms with van der Waals surface area (Å²) in [5, 5.41) is 0. The molecule has 94 valence electrons. The predicted octanol–water partition coefficient (Wildman–Crippen LogP) is 3.36. The third kappa shape index (κ3) is 2.54. The topological polar surface area (TPSA) is 35.2 Å². The van der Waals surface area contributed by atoms with Crippen LogP contribution >= 0.6 is 0 Å². The average Bonchev–Trinajstić information content (AvgIpc) is 2.41. The van der Waals surface area contributed by atoms with Crippen molar-refractivity contribution in [2.24, 2.45) is 5.73 Å². The molecule has 0 spiro atoms. The summed E-state index contributed by atoms with van der Waals surface area (Å²) < 4.78 is 5.23. The van der Waals surface area contributed by atoms with Gasteiger partial charge in [0.05, 0.1) is 13.2 Å². The van der Waals surface area contributed by atoms with Crippen molar-refractivity contribution in [2.75, 3.05) is 7.11 Å². The van der Waals surface area contributed by atoms with E-state index in [2.05, 4.69) is 32.0 Å². The zero-order valence-corrected chi connectivity index (χ0v) is 11.1. The Morgan fingerprint density at radius 3 is 2.33 bits per heavy atom. The standard InChI is InChI=1S/C16H19NO/c1-11-7-8-14(9-12(11)2)16(17)13-5-4-6-15(10-13)18-3/h4-10,16H,17H2,1-3H3. The molecule has 2 aromatic carbocycles. The van der Waals surface area contributed by atoms with E-state index in [4.69, 9.17) is 10.5 Å². The van der Waals surface area contributed by atoms with Crippen LogP contribution < -0.4 is 10.5 Å². The van der Waals surface area contributed by atoms with Crippen molar-refractivity contribution in [1.82, 2.24) is 0 Å². The van der Waals surface area contributed by atoms with Gasteiger partial charge in [-0.1, -0.05) is 30.3 Å². The van der Waals surface area contributed by atoms with E-state index in [0.717, 1.165) is 16.9 Å². The quantitative estimate of drug-likeness (QED) is 0.894. The fourth-order valence-electron chi connectivity index (χ4n) is 1.99. The van der Waals surface area contributed by atoms with E-state index >= 15 is 0 Å². The number of hydrogen-bond donors (Lipinski definition) is 1. The number of methoxy groups -OCH3 is 1. The smallest absolute Gasteiger partial charge is 0.119 e. The zero-order chi connectivity index (χ0) is 13.1. The third-order valence-electron chi connectivity index (χ3n) is 3.34. The molecule has 0 aliphatic carbocycles. The first kappa shape index (κ1) is 12.7. The lowest BCUT2D eigenvalue weighted by atomic mass is 9.96. The maximum Gasteiger partial charge on any atom is 0.119 e. The van der Waals surface area contributed by atoms with Crippen molar-refractivity contribution in [2.45, 2.75) is 19.9 Å². The molecule has 0 saturated heterocycles. The van der Waals surface area contributed by atoms with E-state index in [1.165, 1.54) is 11.1 Å². The Kier molecular flexibility index (Phi) is 3.68. The van der Waals surface area contributed by atoms with Gasteiger partial charge in [0.1, 0.15) is 5.75 Å². The van der Waals surface area contributed by atoms with E-state index in [0.29, 0.717) is 0 Å². The van der Waals surface area contributed by atoms with Crippen LogP contribution in [0.1, 0.15) is 28.3 Å². The van der Waals surface area contributed by atoms with E-state index < -0.39 is 0 Å². The Balaban J connectivity index is 2.34. The van der Waals surface area contributed by atoms with Crippen LogP contribution in [0, 0.1) is 13.8 Å². The number of ether oxygens (including phenoxy) is 1. The van der Waals surface area contributed by atoms with Gasteiger partial charge in [0.25, 0.3) is 0 Å². The van der Waals surface area contributed by atoms with Gasteiger partial charge in [-0.05, 0) is 48.2 Å². The molecule has 1 atom stereocenters. The Morgan fingerprint density at radius 2 is 1.67 bits per heavy atom.